The Morgan fingerprint density at radius 3 is 2.43 bits per heavy atom. The lowest BCUT2D eigenvalue weighted by Gasteiger charge is -2.35. The minimum atomic E-state index is -0.0667. The van der Waals surface area contributed by atoms with Crippen LogP contribution in [-0.2, 0) is 4.79 Å². The molecule has 0 aliphatic carbocycles. The molecule has 1 fully saturated rings. The van der Waals surface area contributed by atoms with Gasteiger partial charge in [0.05, 0.1) is 0 Å². The van der Waals surface area contributed by atoms with E-state index < -0.39 is 0 Å². The SMILES string of the molecule is Cc1ccn2cc(C(=O)N3CCN(C(=O)C(C)C)CC3)nc2c1. The number of hydrogen-bond acceptors (Lipinski definition) is 3. The minimum absolute atomic E-state index is 0.000990. The van der Waals surface area contributed by atoms with Crippen molar-refractivity contribution in [1.82, 2.24) is 19.2 Å². The minimum Gasteiger partial charge on any atom is -0.339 e. The lowest BCUT2D eigenvalue weighted by atomic mass is 10.1. The summed E-state index contributed by atoms with van der Waals surface area (Å²) < 4.78 is 1.86. The summed E-state index contributed by atoms with van der Waals surface area (Å²) in [7, 11) is 0. The summed E-state index contributed by atoms with van der Waals surface area (Å²) >= 11 is 0. The van der Waals surface area contributed by atoms with Crippen molar-refractivity contribution >= 4 is 17.5 Å². The van der Waals surface area contributed by atoms with Crippen LogP contribution in [0.5, 0.6) is 0 Å². The third-order valence-corrected chi connectivity index (χ3v) is 4.21. The maximum absolute atomic E-state index is 12.6. The third-order valence-electron chi connectivity index (χ3n) is 4.21. The average Bonchev–Trinajstić information content (AvgIpc) is 2.96. The van der Waals surface area contributed by atoms with E-state index in [9.17, 15) is 9.59 Å². The molecule has 0 spiro atoms. The molecule has 23 heavy (non-hydrogen) atoms. The van der Waals surface area contributed by atoms with Gasteiger partial charge in [0.1, 0.15) is 11.3 Å². The maximum atomic E-state index is 12.6. The Bertz CT molecular complexity index is 742. The first kappa shape index (κ1) is 15.5. The van der Waals surface area contributed by atoms with Crippen LogP contribution in [0.2, 0.25) is 0 Å². The number of fused-ring (bicyclic) bond motifs is 1. The molecule has 122 valence electrons. The fourth-order valence-electron chi connectivity index (χ4n) is 2.84. The summed E-state index contributed by atoms with van der Waals surface area (Å²) in [6.07, 6.45) is 3.68. The predicted octanol–water partition coefficient (Wildman–Crippen LogP) is 1.58. The zero-order valence-corrected chi connectivity index (χ0v) is 13.8. The quantitative estimate of drug-likeness (QED) is 0.846. The fourth-order valence-corrected chi connectivity index (χ4v) is 2.84. The summed E-state index contributed by atoms with van der Waals surface area (Å²) in [5.74, 6) is 0.0854. The van der Waals surface area contributed by atoms with Gasteiger partial charge in [-0.25, -0.2) is 4.98 Å². The highest BCUT2D eigenvalue weighted by Crippen LogP contribution is 2.13. The van der Waals surface area contributed by atoms with E-state index in [0.717, 1.165) is 11.2 Å². The number of rotatable bonds is 2. The third kappa shape index (κ3) is 3.06. The summed E-state index contributed by atoms with van der Waals surface area (Å²) in [5.41, 5.74) is 2.35. The molecule has 0 bridgehead atoms. The van der Waals surface area contributed by atoms with Crippen molar-refractivity contribution in [2.45, 2.75) is 20.8 Å². The van der Waals surface area contributed by atoms with Gasteiger partial charge in [0.2, 0.25) is 5.91 Å². The van der Waals surface area contributed by atoms with Crippen molar-refractivity contribution in [3.05, 3.63) is 35.8 Å². The molecule has 2 amide bonds. The lowest BCUT2D eigenvalue weighted by Crippen LogP contribution is -2.51. The van der Waals surface area contributed by atoms with Crippen LogP contribution in [0.1, 0.15) is 29.9 Å². The Morgan fingerprint density at radius 1 is 1.13 bits per heavy atom. The molecule has 0 N–H and O–H groups in total. The Balaban J connectivity index is 1.70. The zero-order chi connectivity index (χ0) is 16.6. The standard InChI is InChI=1S/C17H22N4O2/c1-12(2)16(22)19-6-8-20(9-7-19)17(23)14-11-21-5-4-13(3)10-15(21)18-14/h4-5,10-12H,6-9H2,1-3H3. The molecule has 3 heterocycles. The topological polar surface area (TPSA) is 57.9 Å². The molecule has 1 aliphatic heterocycles. The number of pyridine rings is 1. The number of hydrogen-bond donors (Lipinski definition) is 0. The van der Waals surface area contributed by atoms with Gasteiger partial charge in [-0.15, -0.1) is 0 Å². The molecule has 0 saturated carbocycles. The van der Waals surface area contributed by atoms with E-state index in [0.29, 0.717) is 31.9 Å². The number of amides is 2. The van der Waals surface area contributed by atoms with E-state index in [-0.39, 0.29) is 17.7 Å². The molecule has 3 rings (SSSR count). The lowest BCUT2D eigenvalue weighted by molar-refractivity contribution is -0.135. The van der Waals surface area contributed by atoms with E-state index in [4.69, 9.17) is 0 Å². The summed E-state index contributed by atoms with van der Waals surface area (Å²) in [4.78, 5) is 32.6. The maximum Gasteiger partial charge on any atom is 0.274 e. The summed E-state index contributed by atoms with van der Waals surface area (Å²) in [5, 5.41) is 0. The number of nitrogens with zero attached hydrogens (tertiary/aromatic N) is 4. The van der Waals surface area contributed by atoms with Gasteiger partial charge in [-0.3, -0.25) is 9.59 Å². The van der Waals surface area contributed by atoms with Gasteiger partial charge in [-0.2, -0.15) is 0 Å². The average molecular weight is 314 g/mol. The van der Waals surface area contributed by atoms with Gasteiger partial charge in [0.25, 0.3) is 5.91 Å². The zero-order valence-electron chi connectivity index (χ0n) is 13.8. The molecular formula is C17H22N4O2. The van der Waals surface area contributed by atoms with Crippen LogP contribution in [0.3, 0.4) is 0 Å². The number of piperazine rings is 1. The van der Waals surface area contributed by atoms with Gasteiger partial charge in [0, 0.05) is 44.5 Å². The largest absolute Gasteiger partial charge is 0.339 e. The second kappa shape index (κ2) is 6.02. The van der Waals surface area contributed by atoms with Crippen LogP contribution in [0.15, 0.2) is 24.5 Å². The van der Waals surface area contributed by atoms with Crippen molar-refractivity contribution < 1.29 is 9.59 Å². The molecule has 2 aromatic heterocycles. The van der Waals surface area contributed by atoms with Crippen LogP contribution in [-0.4, -0.2) is 57.2 Å². The van der Waals surface area contributed by atoms with Crippen molar-refractivity contribution in [1.29, 1.82) is 0 Å². The van der Waals surface area contributed by atoms with Crippen molar-refractivity contribution in [3.8, 4) is 0 Å². The highest BCUT2D eigenvalue weighted by molar-refractivity contribution is 5.93. The summed E-state index contributed by atoms with van der Waals surface area (Å²) in [6.45, 7) is 8.11. The Hall–Kier alpha value is -2.37. The molecule has 1 saturated heterocycles. The Labute approximate surface area is 135 Å². The first-order chi connectivity index (χ1) is 11.0. The van der Waals surface area contributed by atoms with Gasteiger partial charge in [0.15, 0.2) is 0 Å². The van der Waals surface area contributed by atoms with Crippen molar-refractivity contribution in [2.24, 2.45) is 5.92 Å². The van der Waals surface area contributed by atoms with Gasteiger partial charge in [-0.05, 0) is 24.6 Å². The number of imidazole rings is 1. The highest BCUT2D eigenvalue weighted by Gasteiger charge is 2.27. The molecule has 0 aromatic carbocycles. The first-order valence-corrected chi connectivity index (χ1v) is 7.99. The number of carbonyl (C=O) groups excluding carboxylic acids is 2. The monoisotopic (exact) mass is 314 g/mol. The predicted molar refractivity (Wildman–Crippen MR) is 87.3 cm³/mol. The van der Waals surface area contributed by atoms with Crippen molar-refractivity contribution in [3.63, 3.8) is 0 Å². The van der Waals surface area contributed by atoms with Crippen LogP contribution in [0, 0.1) is 12.8 Å². The molecular weight excluding hydrogens is 292 g/mol. The Morgan fingerprint density at radius 2 is 1.78 bits per heavy atom. The van der Waals surface area contributed by atoms with Crippen LogP contribution < -0.4 is 0 Å². The molecule has 0 atom stereocenters. The van der Waals surface area contributed by atoms with Crippen molar-refractivity contribution in [2.75, 3.05) is 26.2 Å². The van der Waals surface area contributed by atoms with E-state index in [2.05, 4.69) is 4.98 Å². The first-order valence-electron chi connectivity index (χ1n) is 7.99. The molecule has 0 unspecified atom stereocenters. The summed E-state index contributed by atoms with van der Waals surface area (Å²) in [6, 6.07) is 3.94. The van der Waals surface area contributed by atoms with Crippen LogP contribution in [0.25, 0.3) is 5.65 Å². The second-order valence-corrected chi connectivity index (χ2v) is 6.37. The normalized spacial score (nSPS) is 15.5. The number of carbonyl (C=O) groups is 2. The van der Waals surface area contributed by atoms with E-state index >= 15 is 0 Å². The van der Waals surface area contributed by atoms with Gasteiger partial charge < -0.3 is 14.2 Å². The van der Waals surface area contributed by atoms with Crippen LogP contribution in [0.4, 0.5) is 0 Å². The Kier molecular flexibility index (Phi) is 4.07. The number of aromatic nitrogens is 2. The fraction of sp³-hybridized carbons (Fsp3) is 0.471. The van der Waals surface area contributed by atoms with E-state index in [1.54, 1.807) is 11.1 Å². The van der Waals surface area contributed by atoms with E-state index in [1.807, 2.05) is 48.4 Å². The molecule has 0 radical (unpaired) electrons. The molecule has 1 aliphatic rings. The van der Waals surface area contributed by atoms with Gasteiger partial charge in [-0.1, -0.05) is 13.8 Å². The molecule has 2 aromatic rings. The molecule has 6 heteroatoms. The highest BCUT2D eigenvalue weighted by atomic mass is 16.2. The van der Waals surface area contributed by atoms with E-state index in [1.165, 1.54) is 0 Å². The molecule has 6 nitrogen and oxygen atoms in total. The smallest absolute Gasteiger partial charge is 0.274 e. The number of aryl methyl sites for hydroxylation is 1. The van der Waals surface area contributed by atoms with Gasteiger partial charge >= 0.3 is 0 Å². The van der Waals surface area contributed by atoms with Crippen LogP contribution >= 0.6 is 0 Å². The second-order valence-electron chi connectivity index (χ2n) is 6.37.